The Balaban J connectivity index is 0.000000322. The van der Waals surface area contributed by atoms with E-state index >= 15 is 0 Å². The molecule has 9 aromatic rings. The van der Waals surface area contributed by atoms with Crippen molar-refractivity contribution >= 4 is 41.3 Å². The van der Waals surface area contributed by atoms with E-state index in [4.69, 9.17) is 22.5 Å². The van der Waals surface area contributed by atoms with Crippen LogP contribution in [-0.2, 0) is 9.68 Å². The summed E-state index contributed by atoms with van der Waals surface area (Å²) in [5, 5.41) is 22.0. The second-order valence-corrected chi connectivity index (χ2v) is 14.9. The van der Waals surface area contributed by atoms with Gasteiger partial charge in [0, 0.05) is 76.4 Å². The van der Waals surface area contributed by atoms with Crippen LogP contribution in [0.3, 0.4) is 0 Å². The van der Waals surface area contributed by atoms with Crippen LogP contribution in [0.15, 0.2) is 159 Å². The summed E-state index contributed by atoms with van der Waals surface area (Å²) >= 11 is 0. The van der Waals surface area contributed by atoms with Gasteiger partial charge in [-0.1, -0.05) is 42.5 Å². The largest absolute Gasteiger partial charge is 1.00 e. The first-order valence-corrected chi connectivity index (χ1v) is 21.7. The summed E-state index contributed by atoms with van der Waals surface area (Å²) in [7, 11) is 0. The van der Waals surface area contributed by atoms with Crippen molar-refractivity contribution in [3.63, 3.8) is 0 Å². The van der Waals surface area contributed by atoms with E-state index in [1.807, 2.05) is 74.5 Å². The van der Waals surface area contributed by atoms with Crippen LogP contribution >= 0.6 is 0 Å². The van der Waals surface area contributed by atoms with E-state index in [2.05, 4.69) is 80.4 Å². The number of nitrogens with zero attached hydrogens (tertiary/aromatic N) is 9. The Morgan fingerprint density at radius 2 is 1.22 bits per heavy atom. The number of alkyl halides is 4. The third kappa shape index (κ3) is 19.8. The van der Waals surface area contributed by atoms with Crippen molar-refractivity contribution in [3.8, 4) is 56.8 Å². The Kier molecular flexibility index (Phi) is 26.5. The SMILES string of the molecule is Cc1ccc(-c2nc(-c3cccc(OC(F)F)c3)n[nH]2)cc1Nc1nccc(-c2cccnc2)n1.Cc1ccc(C(=O)NN)cc1Nc1nccc(-c2cccnc2)n1.O=CO[O-].[C-]#[N+]c1cccc(OC(F)F)c1.[H-].[K+].[K+]. The van der Waals surface area contributed by atoms with Gasteiger partial charge in [0.05, 0.1) is 18.0 Å². The van der Waals surface area contributed by atoms with Gasteiger partial charge in [-0.15, -0.1) is 0 Å². The van der Waals surface area contributed by atoms with Crippen molar-refractivity contribution in [1.82, 2.24) is 50.5 Å². The molecule has 0 radical (unpaired) electrons. The maximum atomic E-state index is 12.5. The van der Waals surface area contributed by atoms with Crippen molar-refractivity contribution in [3.05, 3.63) is 187 Å². The maximum Gasteiger partial charge on any atom is 1.00 e. The number of aromatic nitrogens is 9. The number of hydrazine groups is 1. The Hall–Kier alpha value is -6.98. The molecule has 0 saturated carbocycles. The molecule has 0 bridgehead atoms. The van der Waals surface area contributed by atoms with E-state index in [9.17, 15) is 22.4 Å². The first kappa shape index (κ1) is 62.6. The van der Waals surface area contributed by atoms with Gasteiger partial charge in [-0.2, -0.15) is 22.7 Å². The first-order chi connectivity index (χ1) is 36.3. The summed E-state index contributed by atoms with van der Waals surface area (Å²) in [4.78, 5) is 56.4. The van der Waals surface area contributed by atoms with E-state index in [0.29, 0.717) is 34.7 Å². The van der Waals surface area contributed by atoms with Crippen molar-refractivity contribution in [2.75, 3.05) is 10.6 Å². The second-order valence-electron chi connectivity index (χ2n) is 14.9. The first-order valence-electron chi connectivity index (χ1n) is 21.7. The number of benzene rings is 4. The quantitative estimate of drug-likeness (QED) is 0.0153. The minimum absolute atomic E-state index is 0. The number of nitrogens with one attached hydrogen (secondary N) is 4. The fraction of sp³-hybridized carbons (Fsp3) is 0.0784. The Morgan fingerprint density at radius 3 is 1.74 bits per heavy atom. The average Bonchev–Trinajstić information content (AvgIpc) is 3.94. The molecule has 9 rings (SSSR count). The fourth-order valence-electron chi connectivity index (χ4n) is 6.37. The Bertz CT molecular complexity index is 3360. The predicted molar refractivity (Wildman–Crippen MR) is 266 cm³/mol. The van der Waals surface area contributed by atoms with E-state index in [1.165, 1.54) is 36.4 Å². The molecule has 1 amide bonds. The van der Waals surface area contributed by atoms with Gasteiger partial charge in [-0.25, -0.2) is 35.6 Å². The van der Waals surface area contributed by atoms with Gasteiger partial charge in [0.1, 0.15) is 11.5 Å². The number of carbonyl (C=O) groups is 2. The summed E-state index contributed by atoms with van der Waals surface area (Å²) in [6.07, 6.45) is 10.3. The van der Waals surface area contributed by atoms with E-state index in [-0.39, 0.29) is 134 Å². The number of carbonyl (C=O) groups excluding carboxylic acids is 2. The molecule has 0 aliphatic carbocycles. The van der Waals surface area contributed by atoms with Gasteiger partial charge in [0.15, 0.2) is 17.3 Å². The molecule has 6 N–H and O–H groups in total. The number of hydrogen-bond donors (Lipinski definition) is 5. The number of amides is 1. The van der Waals surface area contributed by atoms with E-state index < -0.39 is 13.2 Å². The number of anilines is 4. The minimum atomic E-state index is -2.90. The van der Waals surface area contributed by atoms with Gasteiger partial charge >= 0.3 is 116 Å². The van der Waals surface area contributed by atoms with Crippen LogP contribution in [0.25, 0.3) is 50.1 Å². The van der Waals surface area contributed by atoms with Crippen LogP contribution < -0.4 is 139 Å². The van der Waals surface area contributed by atoms with Crippen molar-refractivity contribution in [2.24, 2.45) is 5.84 Å². The van der Waals surface area contributed by atoms with Crippen LogP contribution in [0, 0.1) is 20.4 Å². The van der Waals surface area contributed by atoms with Gasteiger partial charge in [0.2, 0.25) is 11.9 Å². The zero-order valence-corrected chi connectivity index (χ0v) is 47.6. The molecule has 77 heavy (non-hydrogen) atoms. The minimum Gasteiger partial charge on any atom is -1.00 e. The number of rotatable bonds is 14. The van der Waals surface area contributed by atoms with Crippen molar-refractivity contribution in [1.29, 1.82) is 0 Å². The molecule has 20 nitrogen and oxygen atoms in total. The molecule has 4 aromatic carbocycles. The Morgan fingerprint density at radius 1 is 0.688 bits per heavy atom. The number of halogens is 4. The molecule has 5 heterocycles. The standard InChI is InChI=1S/C25H19F2N7O.C17H16N6O.C8H5F2NO.CH2O3.2K.H/c1-15-7-8-17(23-32-22(33-34-23)16-4-2-6-19(12-16)35-24(26)27)13-21(15)31-25-29-11-9-20(30-25)18-5-3-10-28-14-18;1-11-4-5-12(16(24)23-18)9-15(11)22-17-20-8-6-14(21-17)13-3-2-7-19-10-13;1-11-6-3-2-4-7(5-6)12-8(9)10;2-1-4-3;;;/h2-14,24H,1H3,(H,29,30,31)(H,32,33,34);2-10H,18H2,1H3,(H,23,24)(H,20,21,22);2-5,8H;1,3H;;;/q;;;;2*+1;-1/p-1. The van der Waals surface area contributed by atoms with Crippen molar-refractivity contribution in [2.45, 2.75) is 27.1 Å². The monoisotopic (exact) mass is 1100 g/mol. The van der Waals surface area contributed by atoms with Gasteiger partial charge in [0.25, 0.3) is 12.4 Å². The van der Waals surface area contributed by atoms with Crippen LogP contribution in [-0.4, -0.2) is 70.7 Å². The summed E-state index contributed by atoms with van der Waals surface area (Å²) in [5.41, 5.74) is 11.0. The predicted octanol–water partition coefficient (Wildman–Crippen LogP) is 3.23. The number of nitrogens with two attached hydrogens (primary N) is 1. The number of hydrogen-bond acceptors (Lipinski definition) is 17. The van der Waals surface area contributed by atoms with Crippen LogP contribution in [0.5, 0.6) is 11.5 Å². The number of aryl methyl sites for hydroxylation is 2. The molecule has 26 heteroatoms. The zero-order valence-electron chi connectivity index (χ0n) is 42.3. The third-order valence-corrected chi connectivity index (χ3v) is 9.87. The van der Waals surface area contributed by atoms with Crippen LogP contribution in [0.1, 0.15) is 22.9 Å². The molecule has 0 aliphatic rings. The molecular weight excluding hydrogens is 1060 g/mol. The zero-order chi connectivity index (χ0) is 53.5. The number of ether oxygens (including phenoxy) is 2. The molecule has 0 unspecified atom stereocenters. The van der Waals surface area contributed by atoms with Gasteiger partial charge in [-0.05, 0) is 104 Å². The van der Waals surface area contributed by atoms with E-state index in [0.717, 1.165) is 50.6 Å². The summed E-state index contributed by atoms with van der Waals surface area (Å²) < 4.78 is 56.9. The smallest absolute Gasteiger partial charge is 1.00 e. The number of aromatic amines is 1. The van der Waals surface area contributed by atoms with Gasteiger partial charge < -0.3 is 31.7 Å². The molecule has 382 valence electrons. The molecule has 0 saturated heterocycles. The van der Waals surface area contributed by atoms with Crippen LogP contribution in [0.2, 0.25) is 0 Å². The number of pyridine rings is 2. The molecule has 0 aliphatic heterocycles. The molecule has 0 fully saturated rings. The maximum absolute atomic E-state index is 12.5. The average molecular weight is 1100 g/mol. The van der Waals surface area contributed by atoms with E-state index in [1.54, 1.807) is 61.4 Å². The van der Waals surface area contributed by atoms with Gasteiger partial charge in [-0.3, -0.25) is 30.1 Å². The summed E-state index contributed by atoms with van der Waals surface area (Å²) in [5.74, 6) is 6.64. The fourth-order valence-corrected chi connectivity index (χ4v) is 6.37. The normalized spacial score (nSPS) is 9.94. The second kappa shape index (κ2) is 32.6. The third-order valence-electron chi connectivity index (χ3n) is 9.87. The summed E-state index contributed by atoms with van der Waals surface area (Å²) in [6.45, 7) is 4.58. The topological polar surface area (TPSA) is 270 Å². The summed E-state index contributed by atoms with van der Waals surface area (Å²) in [6, 6.07) is 34.1. The molecule has 0 atom stereocenters. The number of H-pyrrole nitrogens is 1. The molecular formula is C51H42F4K2N14O6. The molecule has 0 spiro atoms. The molecule has 5 aromatic heterocycles. The van der Waals surface area contributed by atoms with Crippen molar-refractivity contribution < 1.29 is 151 Å². The number of nitrogen functional groups attached to an aromatic ring is 1. The Labute approximate surface area is 523 Å². The van der Waals surface area contributed by atoms with Crippen LogP contribution in [0.4, 0.5) is 46.5 Å².